The van der Waals surface area contributed by atoms with Crippen LogP contribution in [0.25, 0.3) is 20.8 Å². The van der Waals surface area contributed by atoms with E-state index >= 15 is 0 Å². The van der Waals surface area contributed by atoms with E-state index in [1.165, 1.54) is 30.0 Å². The fourth-order valence-corrected chi connectivity index (χ4v) is 3.81. The highest BCUT2D eigenvalue weighted by molar-refractivity contribution is 7.21. The Morgan fingerprint density at radius 3 is 2.61 bits per heavy atom. The molecular formula is C21H14N3O3S-. The molecule has 4 rings (SSSR count). The molecule has 1 heterocycles. The molecule has 7 heteroatoms. The molecule has 138 valence electrons. The van der Waals surface area contributed by atoms with Crippen LogP contribution < -0.4 is 5.11 Å². The van der Waals surface area contributed by atoms with Crippen molar-refractivity contribution in [1.82, 2.24) is 4.98 Å². The summed E-state index contributed by atoms with van der Waals surface area (Å²) in [5.74, 6) is -0.310. The van der Waals surface area contributed by atoms with E-state index in [2.05, 4.69) is 23.0 Å². The fraction of sp³-hybridized carbons (Fsp3) is 0.0476. The smallest absolute Gasteiger partial charge is 0.270 e. The maximum absolute atomic E-state index is 11.8. The van der Waals surface area contributed by atoms with Crippen molar-refractivity contribution in [1.29, 1.82) is 0 Å². The van der Waals surface area contributed by atoms with Crippen LogP contribution in [0.1, 0.15) is 11.1 Å². The quantitative estimate of drug-likeness (QED) is 0.279. The van der Waals surface area contributed by atoms with Gasteiger partial charge in [-0.1, -0.05) is 17.9 Å². The van der Waals surface area contributed by atoms with Crippen LogP contribution in [-0.4, -0.2) is 16.1 Å². The number of hydrogen-bond donors (Lipinski definition) is 0. The predicted octanol–water partition coefficient (Wildman–Crippen LogP) is 5.00. The normalized spacial score (nSPS) is 11.3. The van der Waals surface area contributed by atoms with E-state index in [0.717, 1.165) is 20.8 Å². The van der Waals surface area contributed by atoms with Gasteiger partial charge in [0.05, 0.1) is 20.8 Å². The molecule has 0 aliphatic rings. The largest absolute Gasteiger partial charge is 0.872 e. The van der Waals surface area contributed by atoms with Gasteiger partial charge < -0.3 is 5.11 Å². The first kappa shape index (κ1) is 17.8. The maximum Gasteiger partial charge on any atom is 0.270 e. The van der Waals surface area contributed by atoms with E-state index in [1.54, 1.807) is 11.3 Å². The van der Waals surface area contributed by atoms with Crippen LogP contribution in [-0.2, 0) is 0 Å². The molecule has 0 unspecified atom stereocenters. The van der Waals surface area contributed by atoms with Gasteiger partial charge in [0, 0.05) is 23.9 Å². The predicted molar refractivity (Wildman–Crippen MR) is 110 cm³/mol. The number of non-ortho nitro benzene ring substituents is 1. The Hall–Kier alpha value is -3.58. The number of fused-ring (bicyclic) bond motifs is 1. The molecular weight excluding hydrogens is 374 g/mol. The Morgan fingerprint density at radius 2 is 1.86 bits per heavy atom. The van der Waals surface area contributed by atoms with E-state index in [4.69, 9.17) is 0 Å². The second-order valence-corrected chi connectivity index (χ2v) is 7.31. The third-order valence-corrected chi connectivity index (χ3v) is 5.28. The summed E-state index contributed by atoms with van der Waals surface area (Å²) in [6.45, 7) is 2.06. The van der Waals surface area contributed by atoms with Gasteiger partial charge in [-0.2, -0.15) is 0 Å². The van der Waals surface area contributed by atoms with E-state index in [0.29, 0.717) is 5.69 Å². The third-order valence-electron chi connectivity index (χ3n) is 4.22. The lowest BCUT2D eigenvalue weighted by molar-refractivity contribution is -0.385. The highest BCUT2D eigenvalue weighted by Gasteiger charge is 2.07. The van der Waals surface area contributed by atoms with Crippen LogP contribution >= 0.6 is 11.3 Å². The van der Waals surface area contributed by atoms with Gasteiger partial charge in [0.15, 0.2) is 0 Å². The molecule has 0 aliphatic heterocycles. The number of rotatable bonds is 4. The number of benzene rings is 3. The SMILES string of the molecule is Cc1ccc2nc(-c3ccc(N=Cc4cc([N+](=O)[O-])ccc4[O-])cc3)sc2c1. The molecule has 0 radical (unpaired) electrons. The molecule has 3 aromatic carbocycles. The molecule has 0 bridgehead atoms. The van der Waals surface area contributed by atoms with E-state index < -0.39 is 4.92 Å². The van der Waals surface area contributed by atoms with Gasteiger partial charge in [0.2, 0.25) is 0 Å². The standard InChI is InChI=1S/C21H15N3O3S/c1-13-2-8-18-20(10-13)28-21(23-18)14-3-5-16(6-4-14)22-12-15-11-17(24(26)27)7-9-19(15)25/h2-12,25H,1H3/p-1. The maximum atomic E-state index is 11.8. The van der Waals surface area contributed by atoms with Gasteiger partial charge in [-0.25, -0.2) is 4.98 Å². The van der Waals surface area contributed by atoms with Crippen molar-refractivity contribution in [2.75, 3.05) is 0 Å². The summed E-state index contributed by atoms with van der Waals surface area (Å²) in [5, 5.41) is 23.6. The van der Waals surface area contributed by atoms with Crippen molar-refractivity contribution in [2.45, 2.75) is 6.92 Å². The van der Waals surface area contributed by atoms with Gasteiger partial charge in [-0.3, -0.25) is 15.1 Å². The average molecular weight is 388 g/mol. The van der Waals surface area contributed by atoms with Crippen LogP contribution in [0.4, 0.5) is 11.4 Å². The van der Waals surface area contributed by atoms with Crippen molar-refractivity contribution in [3.8, 4) is 16.3 Å². The Balaban J connectivity index is 1.58. The second-order valence-electron chi connectivity index (χ2n) is 6.27. The van der Waals surface area contributed by atoms with E-state index in [9.17, 15) is 15.2 Å². The zero-order chi connectivity index (χ0) is 19.7. The Bertz CT molecular complexity index is 1210. The van der Waals surface area contributed by atoms with Crippen LogP contribution in [0.15, 0.2) is 65.7 Å². The topological polar surface area (TPSA) is 91.5 Å². The second kappa shape index (κ2) is 7.21. The summed E-state index contributed by atoms with van der Waals surface area (Å²) in [5.41, 5.74) is 3.85. The number of hydrogen-bond acceptors (Lipinski definition) is 6. The Kier molecular flexibility index (Phi) is 4.58. The Morgan fingerprint density at radius 1 is 1.07 bits per heavy atom. The number of aromatic nitrogens is 1. The Labute approximate surface area is 164 Å². The third kappa shape index (κ3) is 3.60. The fourth-order valence-electron chi connectivity index (χ4n) is 2.74. The number of aliphatic imine (C=N–C) groups is 1. The minimum atomic E-state index is -0.537. The number of nitro benzene ring substituents is 1. The van der Waals surface area contributed by atoms with Gasteiger partial charge in [0.1, 0.15) is 5.01 Å². The highest BCUT2D eigenvalue weighted by Crippen LogP contribution is 2.31. The summed E-state index contributed by atoms with van der Waals surface area (Å²) >= 11 is 1.63. The van der Waals surface area contributed by atoms with Crippen LogP contribution in [0.2, 0.25) is 0 Å². The summed E-state index contributed by atoms with van der Waals surface area (Å²) < 4.78 is 1.14. The molecule has 0 amide bonds. The lowest BCUT2D eigenvalue weighted by Crippen LogP contribution is -1.98. The van der Waals surface area contributed by atoms with Crippen LogP contribution in [0.5, 0.6) is 5.75 Å². The highest BCUT2D eigenvalue weighted by atomic mass is 32.1. The molecule has 0 atom stereocenters. The monoisotopic (exact) mass is 388 g/mol. The summed E-state index contributed by atoms with van der Waals surface area (Å²) in [7, 11) is 0. The summed E-state index contributed by atoms with van der Waals surface area (Å²) in [4.78, 5) is 19.2. The first-order chi connectivity index (χ1) is 13.5. The van der Waals surface area contributed by atoms with Crippen molar-refractivity contribution < 1.29 is 10.0 Å². The van der Waals surface area contributed by atoms with E-state index in [1.807, 2.05) is 36.4 Å². The van der Waals surface area contributed by atoms with Crippen molar-refractivity contribution in [3.63, 3.8) is 0 Å². The number of aryl methyl sites for hydroxylation is 1. The minimum Gasteiger partial charge on any atom is -0.872 e. The summed E-state index contributed by atoms with van der Waals surface area (Å²) in [6.07, 6.45) is 1.35. The molecule has 0 aliphatic carbocycles. The first-order valence-electron chi connectivity index (χ1n) is 8.47. The molecule has 4 aromatic rings. The average Bonchev–Trinajstić information content (AvgIpc) is 3.10. The summed E-state index contributed by atoms with van der Waals surface area (Å²) in [6, 6.07) is 17.3. The lowest BCUT2D eigenvalue weighted by Gasteiger charge is -2.08. The number of nitrogens with zero attached hydrogens (tertiary/aromatic N) is 3. The van der Waals surface area contributed by atoms with Gasteiger partial charge in [-0.05, 0) is 54.4 Å². The molecule has 6 nitrogen and oxygen atoms in total. The molecule has 0 saturated heterocycles. The molecule has 1 aromatic heterocycles. The van der Waals surface area contributed by atoms with Crippen LogP contribution in [0.3, 0.4) is 0 Å². The molecule has 0 N–H and O–H groups in total. The molecule has 28 heavy (non-hydrogen) atoms. The van der Waals surface area contributed by atoms with Crippen molar-refractivity contribution in [2.24, 2.45) is 4.99 Å². The van der Waals surface area contributed by atoms with Gasteiger partial charge in [0.25, 0.3) is 5.69 Å². The molecule has 0 saturated carbocycles. The molecule has 0 fully saturated rings. The van der Waals surface area contributed by atoms with Gasteiger partial charge >= 0.3 is 0 Å². The van der Waals surface area contributed by atoms with Crippen molar-refractivity contribution in [3.05, 3.63) is 81.9 Å². The first-order valence-corrected chi connectivity index (χ1v) is 9.28. The van der Waals surface area contributed by atoms with E-state index in [-0.39, 0.29) is 17.0 Å². The van der Waals surface area contributed by atoms with Gasteiger partial charge in [-0.15, -0.1) is 11.3 Å². The number of nitro groups is 1. The zero-order valence-electron chi connectivity index (χ0n) is 14.8. The lowest BCUT2D eigenvalue weighted by atomic mass is 10.2. The minimum absolute atomic E-state index is 0.137. The van der Waals surface area contributed by atoms with Crippen LogP contribution in [0, 0.1) is 17.0 Å². The zero-order valence-corrected chi connectivity index (χ0v) is 15.6. The van der Waals surface area contributed by atoms with Crippen molar-refractivity contribution >= 4 is 39.1 Å². The molecule has 0 spiro atoms. The number of thiazole rings is 1.